The zero-order valence-electron chi connectivity index (χ0n) is 24.9. The van der Waals surface area contributed by atoms with Crippen LogP contribution < -0.4 is 0 Å². The zero-order valence-corrected chi connectivity index (χ0v) is 27.2. The number of amides is 1. The van der Waals surface area contributed by atoms with Crippen LogP contribution in [-0.2, 0) is 24.1 Å². The molecular weight excluding hydrogens is 581 g/mol. The minimum Gasteiger partial charge on any atom is -0.348 e. The molecule has 2 aromatic rings. The normalized spacial score (nSPS) is 27.4. The maximum atomic E-state index is 14.8. The molecule has 41 heavy (non-hydrogen) atoms. The molecule has 2 saturated heterocycles. The van der Waals surface area contributed by atoms with Gasteiger partial charge in [0.25, 0.3) is 0 Å². The van der Waals surface area contributed by atoms with Crippen molar-refractivity contribution in [3.05, 3.63) is 69.7 Å². The summed E-state index contributed by atoms with van der Waals surface area (Å²) in [4.78, 5) is 16.8. The minimum atomic E-state index is -3.29. The average molecular weight is 625 g/mol. The van der Waals surface area contributed by atoms with Crippen LogP contribution in [0.25, 0.3) is 0 Å². The van der Waals surface area contributed by atoms with Gasteiger partial charge in [0.05, 0.1) is 29.8 Å². The highest BCUT2D eigenvalue weighted by Crippen LogP contribution is 2.53. The number of likely N-dealkylation sites (tertiary alicyclic amines) is 1. The van der Waals surface area contributed by atoms with E-state index in [-0.39, 0.29) is 35.8 Å². The summed E-state index contributed by atoms with van der Waals surface area (Å²) in [5, 5.41) is 0.769. The summed E-state index contributed by atoms with van der Waals surface area (Å²) in [6.45, 7) is 11.6. The number of benzene rings is 2. The second-order valence-corrected chi connectivity index (χ2v) is 16.1. The fourth-order valence-electron chi connectivity index (χ4n) is 6.41. The van der Waals surface area contributed by atoms with Crippen molar-refractivity contribution in [3.63, 3.8) is 0 Å². The van der Waals surface area contributed by atoms with Gasteiger partial charge in [-0.1, -0.05) is 61.3 Å². The predicted octanol–water partition coefficient (Wildman–Crippen LogP) is 7.59. The smallest absolute Gasteiger partial charge is 0.229 e. The maximum Gasteiger partial charge on any atom is 0.229 e. The van der Waals surface area contributed by atoms with Crippen LogP contribution in [0.1, 0.15) is 90.3 Å². The van der Waals surface area contributed by atoms with Crippen molar-refractivity contribution in [3.8, 4) is 0 Å². The quantitative estimate of drug-likeness (QED) is 0.272. The van der Waals surface area contributed by atoms with Gasteiger partial charge < -0.3 is 14.4 Å². The molecule has 2 aromatic carbocycles. The van der Waals surface area contributed by atoms with E-state index in [1.807, 2.05) is 75.1 Å². The number of hydrogen-bond acceptors (Lipinski definition) is 5. The number of ether oxygens (including phenoxy) is 2. The zero-order chi connectivity index (χ0) is 30.2. The number of hydrogen-bond donors (Lipinski definition) is 0. The summed E-state index contributed by atoms with van der Waals surface area (Å²) >= 11 is 12.8. The lowest BCUT2D eigenvalue weighted by molar-refractivity contribution is -0.163. The molecule has 0 saturated carbocycles. The van der Waals surface area contributed by atoms with Gasteiger partial charge in [0.15, 0.2) is 15.6 Å². The van der Waals surface area contributed by atoms with Crippen LogP contribution >= 0.6 is 23.2 Å². The van der Waals surface area contributed by atoms with Gasteiger partial charge >= 0.3 is 0 Å². The molecule has 2 heterocycles. The van der Waals surface area contributed by atoms with Gasteiger partial charge in [-0.05, 0) is 88.8 Å². The summed E-state index contributed by atoms with van der Waals surface area (Å²) in [5.74, 6) is -0.762. The molecule has 0 radical (unpaired) electrons. The third kappa shape index (κ3) is 7.30. The average Bonchev–Trinajstić information content (AvgIpc) is 3.24. The number of carbonyl (C=O) groups excluding carboxylic acids is 1. The molecule has 9 heteroatoms. The van der Waals surface area contributed by atoms with Gasteiger partial charge in [0.1, 0.15) is 0 Å². The first-order chi connectivity index (χ1) is 19.2. The Kier molecular flexibility index (Phi) is 9.87. The lowest BCUT2D eigenvalue weighted by Gasteiger charge is -2.52. The molecule has 0 N–H and O–H groups in total. The topological polar surface area (TPSA) is 72.9 Å². The van der Waals surface area contributed by atoms with E-state index in [2.05, 4.69) is 6.07 Å². The Bertz CT molecular complexity index is 1330. The lowest BCUT2D eigenvalue weighted by Crippen LogP contribution is -2.56. The first kappa shape index (κ1) is 32.3. The summed E-state index contributed by atoms with van der Waals surface area (Å²) < 4.78 is 37.8. The van der Waals surface area contributed by atoms with Crippen LogP contribution in [0.5, 0.6) is 0 Å². The molecule has 0 spiro atoms. The molecule has 2 aliphatic rings. The van der Waals surface area contributed by atoms with Crippen LogP contribution in [-0.4, -0.2) is 54.8 Å². The molecule has 0 aromatic heterocycles. The van der Waals surface area contributed by atoms with Crippen LogP contribution in [0, 0.1) is 5.41 Å². The molecule has 2 unspecified atom stereocenters. The van der Waals surface area contributed by atoms with Crippen molar-refractivity contribution in [2.24, 2.45) is 5.41 Å². The van der Waals surface area contributed by atoms with E-state index >= 15 is 0 Å². The van der Waals surface area contributed by atoms with Crippen molar-refractivity contribution in [1.82, 2.24) is 4.90 Å². The van der Waals surface area contributed by atoms with E-state index in [0.717, 1.165) is 11.1 Å². The number of rotatable bonds is 10. The molecule has 4 rings (SSSR count). The van der Waals surface area contributed by atoms with Crippen molar-refractivity contribution >= 4 is 38.9 Å². The van der Waals surface area contributed by atoms with Gasteiger partial charge in [0, 0.05) is 27.4 Å². The Morgan fingerprint density at radius 2 is 1.71 bits per heavy atom. The lowest BCUT2D eigenvalue weighted by atomic mass is 9.66. The van der Waals surface area contributed by atoms with Crippen molar-refractivity contribution in [2.45, 2.75) is 102 Å². The van der Waals surface area contributed by atoms with E-state index < -0.39 is 26.3 Å². The first-order valence-corrected chi connectivity index (χ1v) is 17.0. The second kappa shape index (κ2) is 12.5. The Morgan fingerprint density at radius 3 is 2.27 bits per heavy atom. The second-order valence-electron chi connectivity index (χ2n) is 12.6. The van der Waals surface area contributed by atoms with Crippen LogP contribution in [0.4, 0.5) is 0 Å². The Labute approximate surface area is 255 Å². The van der Waals surface area contributed by atoms with Crippen LogP contribution in [0.3, 0.4) is 0 Å². The third-order valence-electron chi connectivity index (χ3n) is 8.65. The van der Waals surface area contributed by atoms with Gasteiger partial charge in [-0.3, -0.25) is 4.79 Å². The molecule has 0 bridgehead atoms. The van der Waals surface area contributed by atoms with Gasteiger partial charge in [0.2, 0.25) is 5.91 Å². The van der Waals surface area contributed by atoms with Crippen LogP contribution in [0.2, 0.25) is 10.0 Å². The summed E-state index contributed by atoms with van der Waals surface area (Å²) in [7, 11) is -3.29. The molecule has 6 nitrogen and oxygen atoms in total. The molecule has 2 aliphatic heterocycles. The third-order valence-corrected chi connectivity index (χ3v) is 11.4. The maximum absolute atomic E-state index is 14.8. The Morgan fingerprint density at radius 1 is 1.02 bits per heavy atom. The molecule has 5 atom stereocenters. The fraction of sp³-hybridized carbons (Fsp3) is 0.594. The fourth-order valence-corrected chi connectivity index (χ4v) is 7.81. The van der Waals surface area contributed by atoms with Gasteiger partial charge in [-0.25, -0.2) is 8.42 Å². The number of carbonyl (C=O) groups is 1. The monoisotopic (exact) mass is 623 g/mol. The molecule has 1 amide bonds. The highest BCUT2D eigenvalue weighted by Gasteiger charge is 2.53. The highest BCUT2D eigenvalue weighted by atomic mass is 35.5. The SMILES string of the molecule is CC[C@@H](CCS(=O)(=O)C(C)C)N1C(=O)[C@@](C)(C[C@@H]2COC(C)(C)O2)CC(c2cccc(Cl)c2)C1c1ccc(Cl)cc1. The number of sulfone groups is 1. The number of piperidine rings is 1. The Hall–Kier alpha value is -1.64. The standard InChI is InChI=1S/C32H43Cl2NO5S/c1-7-26(15-16-41(37,38)21(2)3)35-29(22-11-13-24(33)14-12-22)28(23-9-8-10-25(34)17-23)19-32(6,30(35)36)18-27-20-39-31(4,5)40-27/h8-14,17,21,26-29H,7,15-16,18-20H2,1-6H3/t26-,27+,28?,29?,32-/m0/s1. The van der Waals surface area contributed by atoms with E-state index in [4.69, 9.17) is 32.7 Å². The van der Waals surface area contributed by atoms with Gasteiger partial charge in [-0.15, -0.1) is 0 Å². The predicted molar refractivity (Wildman–Crippen MR) is 165 cm³/mol. The number of halogens is 2. The van der Waals surface area contributed by atoms with E-state index in [1.165, 1.54) is 0 Å². The molecule has 0 aliphatic carbocycles. The largest absolute Gasteiger partial charge is 0.348 e. The van der Waals surface area contributed by atoms with E-state index in [9.17, 15) is 13.2 Å². The number of nitrogens with zero attached hydrogens (tertiary/aromatic N) is 1. The van der Waals surface area contributed by atoms with Crippen LogP contribution in [0.15, 0.2) is 48.5 Å². The Balaban J connectivity index is 1.83. The molecule has 226 valence electrons. The highest BCUT2D eigenvalue weighted by molar-refractivity contribution is 7.91. The van der Waals surface area contributed by atoms with Crippen molar-refractivity contribution in [2.75, 3.05) is 12.4 Å². The first-order valence-electron chi connectivity index (χ1n) is 14.5. The van der Waals surface area contributed by atoms with Gasteiger partial charge in [-0.2, -0.15) is 0 Å². The molecular formula is C32H43Cl2NO5S. The van der Waals surface area contributed by atoms with E-state index in [0.29, 0.717) is 42.3 Å². The summed E-state index contributed by atoms with van der Waals surface area (Å²) in [5.41, 5.74) is 1.23. The van der Waals surface area contributed by atoms with E-state index in [1.54, 1.807) is 13.8 Å². The molecule has 2 fully saturated rings. The minimum absolute atomic E-state index is 0.0119. The van der Waals surface area contributed by atoms with Crippen molar-refractivity contribution in [1.29, 1.82) is 0 Å². The van der Waals surface area contributed by atoms with Crippen molar-refractivity contribution < 1.29 is 22.7 Å². The summed E-state index contributed by atoms with van der Waals surface area (Å²) in [6, 6.07) is 14.9. The summed E-state index contributed by atoms with van der Waals surface area (Å²) in [6.07, 6.45) is 1.83.